The average molecular weight is 222 g/mol. The molecule has 14 heavy (non-hydrogen) atoms. The minimum Gasteiger partial charge on any atom is -0.377 e. The van der Waals surface area contributed by atoms with Crippen molar-refractivity contribution in [3.8, 4) is 0 Å². The van der Waals surface area contributed by atoms with Gasteiger partial charge < -0.3 is 14.2 Å². The quantitative estimate of drug-likeness (QED) is 0.744. The van der Waals surface area contributed by atoms with E-state index in [2.05, 4.69) is 0 Å². The summed E-state index contributed by atoms with van der Waals surface area (Å²) in [5.74, 6) is -0.105. The smallest absolute Gasteiger partial charge is 0.361 e. The lowest BCUT2D eigenvalue weighted by molar-refractivity contribution is 0.0214. The Hall–Kier alpha value is 0.110. The minimum atomic E-state index is -3.40. The van der Waals surface area contributed by atoms with Crippen molar-refractivity contribution in [2.24, 2.45) is 11.8 Å². The summed E-state index contributed by atoms with van der Waals surface area (Å²) in [4.78, 5) is 0. The number of hydrogen-bond acceptors (Lipinski definition) is 4. The second-order valence-corrected chi connectivity index (χ2v) is 6.47. The van der Waals surface area contributed by atoms with Gasteiger partial charge in [0.25, 0.3) is 0 Å². The first-order valence-electron chi connectivity index (χ1n) is 4.86. The van der Waals surface area contributed by atoms with E-state index in [0.717, 1.165) is 12.8 Å². The first-order valence-corrected chi connectivity index (χ1v) is 6.40. The zero-order valence-corrected chi connectivity index (χ0v) is 10.1. The predicted octanol–water partition coefficient (Wildman–Crippen LogP) is 2.23. The van der Waals surface area contributed by atoms with Gasteiger partial charge in [0, 0.05) is 14.2 Å². The van der Waals surface area contributed by atoms with Gasteiger partial charge in [0.15, 0.2) is 5.34 Å². The van der Waals surface area contributed by atoms with Crippen molar-refractivity contribution in [2.75, 3.05) is 14.2 Å². The Balaban J connectivity index is 3.08. The lowest BCUT2D eigenvalue weighted by Gasteiger charge is -2.36. The molecular formula is C9H19O4P. The van der Waals surface area contributed by atoms with E-state index in [0.29, 0.717) is 0 Å². The van der Waals surface area contributed by atoms with Gasteiger partial charge in [0.05, 0.1) is 0 Å². The SMILES string of the molecule is COP(=O)(OC)C1(O)[C@H](C)CC[C@@H]1C. The fourth-order valence-corrected chi connectivity index (χ4v) is 4.39. The third kappa shape index (κ3) is 1.45. The maximum atomic E-state index is 12.2. The van der Waals surface area contributed by atoms with E-state index in [1.807, 2.05) is 13.8 Å². The topological polar surface area (TPSA) is 55.8 Å². The van der Waals surface area contributed by atoms with E-state index < -0.39 is 12.9 Å². The van der Waals surface area contributed by atoms with Crippen molar-refractivity contribution in [3.63, 3.8) is 0 Å². The Morgan fingerprint density at radius 1 is 1.21 bits per heavy atom. The van der Waals surface area contributed by atoms with Crippen LogP contribution in [0.3, 0.4) is 0 Å². The van der Waals surface area contributed by atoms with Crippen LogP contribution in [0.1, 0.15) is 26.7 Å². The largest absolute Gasteiger partial charge is 0.377 e. The van der Waals surface area contributed by atoms with Crippen LogP contribution >= 0.6 is 7.60 Å². The first-order chi connectivity index (χ1) is 6.42. The monoisotopic (exact) mass is 222 g/mol. The maximum absolute atomic E-state index is 12.2. The van der Waals surface area contributed by atoms with Crippen LogP contribution in [-0.4, -0.2) is 24.7 Å². The normalized spacial score (nSPS) is 38.9. The molecule has 84 valence electrons. The molecule has 0 heterocycles. The summed E-state index contributed by atoms with van der Waals surface area (Å²) in [7, 11) is -0.758. The molecule has 5 heteroatoms. The van der Waals surface area contributed by atoms with Crippen LogP contribution in [0, 0.1) is 11.8 Å². The van der Waals surface area contributed by atoms with E-state index in [1.54, 1.807) is 0 Å². The summed E-state index contributed by atoms with van der Waals surface area (Å²) >= 11 is 0. The van der Waals surface area contributed by atoms with Crippen molar-refractivity contribution in [3.05, 3.63) is 0 Å². The summed E-state index contributed by atoms with van der Waals surface area (Å²) in [6, 6.07) is 0. The molecule has 1 aliphatic carbocycles. The van der Waals surface area contributed by atoms with Gasteiger partial charge in [-0.2, -0.15) is 0 Å². The van der Waals surface area contributed by atoms with Crippen LogP contribution in [0.5, 0.6) is 0 Å². The van der Waals surface area contributed by atoms with Crippen LogP contribution < -0.4 is 0 Å². The van der Waals surface area contributed by atoms with Crippen LogP contribution in [-0.2, 0) is 13.6 Å². The van der Waals surface area contributed by atoms with E-state index in [4.69, 9.17) is 9.05 Å². The Kier molecular flexibility index (Phi) is 3.42. The van der Waals surface area contributed by atoms with Gasteiger partial charge in [-0.1, -0.05) is 13.8 Å². The molecule has 0 amide bonds. The van der Waals surface area contributed by atoms with E-state index in [9.17, 15) is 9.67 Å². The zero-order chi connectivity index (χ0) is 11.0. The Morgan fingerprint density at radius 2 is 1.57 bits per heavy atom. The molecule has 1 N–H and O–H groups in total. The number of rotatable bonds is 3. The lowest BCUT2D eigenvalue weighted by atomic mass is 10.0. The number of hydrogen-bond donors (Lipinski definition) is 1. The van der Waals surface area contributed by atoms with Gasteiger partial charge in [-0.25, -0.2) is 0 Å². The Morgan fingerprint density at radius 3 is 1.86 bits per heavy atom. The van der Waals surface area contributed by atoms with Gasteiger partial charge in [-0.3, -0.25) is 4.57 Å². The van der Waals surface area contributed by atoms with Gasteiger partial charge in [-0.05, 0) is 24.7 Å². The van der Waals surface area contributed by atoms with Crippen molar-refractivity contribution in [1.82, 2.24) is 0 Å². The third-order valence-electron chi connectivity index (χ3n) is 3.40. The van der Waals surface area contributed by atoms with Gasteiger partial charge >= 0.3 is 7.60 Å². The van der Waals surface area contributed by atoms with Gasteiger partial charge in [0.2, 0.25) is 0 Å². The van der Waals surface area contributed by atoms with Crippen molar-refractivity contribution in [2.45, 2.75) is 32.0 Å². The van der Waals surface area contributed by atoms with Crippen molar-refractivity contribution < 1.29 is 18.7 Å². The number of aliphatic hydroxyl groups is 1. The predicted molar refractivity (Wildman–Crippen MR) is 54.1 cm³/mol. The molecule has 0 aromatic carbocycles. The standard InChI is InChI=1S/C9H19O4P/c1-7-5-6-8(2)9(7,10)14(11,12-3)13-4/h7-8,10H,5-6H2,1-4H3/t7-,8+,9?. The highest BCUT2D eigenvalue weighted by molar-refractivity contribution is 7.55. The second kappa shape index (κ2) is 3.93. The molecule has 0 aromatic heterocycles. The molecule has 1 aliphatic rings. The molecular weight excluding hydrogens is 203 g/mol. The molecule has 0 aromatic rings. The van der Waals surface area contributed by atoms with Crippen LogP contribution in [0.4, 0.5) is 0 Å². The molecule has 1 fully saturated rings. The fraction of sp³-hybridized carbons (Fsp3) is 1.00. The van der Waals surface area contributed by atoms with Crippen LogP contribution in [0.25, 0.3) is 0 Å². The summed E-state index contributed by atoms with van der Waals surface area (Å²) in [6.07, 6.45) is 1.71. The first kappa shape index (κ1) is 12.2. The van der Waals surface area contributed by atoms with Crippen LogP contribution in [0.15, 0.2) is 0 Å². The molecule has 1 unspecified atom stereocenters. The van der Waals surface area contributed by atoms with E-state index in [-0.39, 0.29) is 11.8 Å². The van der Waals surface area contributed by atoms with Crippen molar-refractivity contribution in [1.29, 1.82) is 0 Å². The van der Waals surface area contributed by atoms with Gasteiger partial charge in [0.1, 0.15) is 0 Å². The minimum absolute atomic E-state index is 0.0526. The molecule has 0 bridgehead atoms. The molecule has 0 spiro atoms. The summed E-state index contributed by atoms with van der Waals surface area (Å²) in [5, 5.41) is 9.11. The van der Waals surface area contributed by atoms with E-state index >= 15 is 0 Å². The van der Waals surface area contributed by atoms with Crippen molar-refractivity contribution >= 4 is 7.60 Å². The Bertz CT molecular complexity index is 235. The molecule has 0 radical (unpaired) electrons. The molecule has 0 aliphatic heterocycles. The average Bonchev–Trinajstić information content (AvgIpc) is 2.46. The maximum Gasteiger partial charge on any atom is 0.361 e. The van der Waals surface area contributed by atoms with Crippen LogP contribution in [0.2, 0.25) is 0 Å². The summed E-state index contributed by atoms with van der Waals surface area (Å²) in [5.41, 5.74) is 0. The highest BCUT2D eigenvalue weighted by Gasteiger charge is 2.58. The molecule has 4 nitrogen and oxygen atoms in total. The molecule has 0 saturated heterocycles. The second-order valence-electron chi connectivity index (χ2n) is 4.03. The fourth-order valence-electron chi connectivity index (χ4n) is 2.32. The van der Waals surface area contributed by atoms with Gasteiger partial charge in [-0.15, -0.1) is 0 Å². The highest BCUT2D eigenvalue weighted by atomic mass is 31.2. The molecule has 1 rings (SSSR count). The zero-order valence-electron chi connectivity index (χ0n) is 9.19. The summed E-state index contributed by atoms with van der Waals surface area (Å²) in [6.45, 7) is 3.77. The third-order valence-corrected chi connectivity index (χ3v) is 6.12. The highest BCUT2D eigenvalue weighted by Crippen LogP contribution is 2.67. The lowest BCUT2D eigenvalue weighted by Crippen LogP contribution is -2.38. The summed E-state index contributed by atoms with van der Waals surface area (Å²) < 4.78 is 22.0. The molecule has 1 saturated carbocycles. The molecule has 3 atom stereocenters. The Labute approximate surface area is 85.1 Å². The van der Waals surface area contributed by atoms with E-state index in [1.165, 1.54) is 14.2 Å².